The van der Waals surface area contributed by atoms with Gasteiger partial charge in [0.2, 0.25) is 5.52 Å². The van der Waals surface area contributed by atoms with Gasteiger partial charge in [0.25, 0.3) is 0 Å². The Morgan fingerprint density at radius 3 is 2.22 bits per heavy atom. The molecule has 0 radical (unpaired) electrons. The summed E-state index contributed by atoms with van der Waals surface area (Å²) in [5, 5.41) is 0. The number of carbonyl (C=O) groups is 1. The smallest absolute Gasteiger partial charge is 0.229 e. The Labute approximate surface area is 138 Å². The van der Waals surface area contributed by atoms with E-state index in [0.717, 1.165) is 38.5 Å². The van der Waals surface area contributed by atoms with E-state index in [0.29, 0.717) is 23.2 Å². The lowest BCUT2D eigenvalue weighted by Gasteiger charge is -2.24. The van der Waals surface area contributed by atoms with Gasteiger partial charge in [0.15, 0.2) is 7.14 Å². The van der Waals surface area contributed by atoms with Crippen LogP contribution in [-0.4, -0.2) is 31.6 Å². The molecule has 1 unspecified atom stereocenters. The highest BCUT2D eigenvalue weighted by molar-refractivity contribution is 7.81. The molecule has 0 bridgehead atoms. The largest absolute Gasteiger partial charge is 0.496 e. The molecule has 128 valence electrons. The third kappa shape index (κ3) is 3.63. The van der Waals surface area contributed by atoms with Crippen molar-refractivity contribution in [3.63, 3.8) is 0 Å². The molecule has 0 spiro atoms. The topological polar surface area (TPSA) is 52.6 Å². The molecule has 0 saturated heterocycles. The first-order chi connectivity index (χ1) is 11.1. The number of benzene rings is 1. The van der Waals surface area contributed by atoms with E-state index in [4.69, 9.17) is 9.47 Å². The Morgan fingerprint density at radius 2 is 1.74 bits per heavy atom. The van der Waals surface area contributed by atoms with Crippen LogP contribution >= 0.6 is 7.14 Å². The van der Waals surface area contributed by atoms with E-state index in [1.807, 2.05) is 0 Å². The second kappa shape index (κ2) is 8.01. The SMILES string of the molecule is CCCCP(=O)(C(=O)c1c(OC)cccc1OC)C1CCCC1. The number of rotatable bonds is 8. The van der Waals surface area contributed by atoms with Crippen molar-refractivity contribution in [1.82, 2.24) is 0 Å². The van der Waals surface area contributed by atoms with Crippen molar-refractivity contribution in [2.75, 3.05) is 20.4 Å². The van der Waals surface area contributed by atoms with Crippen LogP contribution in [-0.2, 0) is 4.57 Å². The Bertz CT molecular complexity index is 568. The molecule has 0 aromatic heterocycles. The van der Waals surface area contributed by atoms with Gasteiger partial charge in [-0.1, -0.05) is 32.3 Å². The number of hydrogen-bond acceptors (Lipinski definition) is 4. The van der Waals surface area contributed by atoms with Crippen molar-refractivity contribution in [2.45, 2.75) is 51.1 Å². The molecule has 1 aliphatic carbocycles. The summed E-state index contributed by atoms with van der Waals surface area (Å²) in [5.74, 6) is 0.896. The molecule has 1 fully saturated rings. The third-order valence-electron chi connectivity index (χ3n) is 4.74. The van der Waals surface area contributed by atoms with Gasteiger partial charge in [-0.25, -0.2) is 0 Å². The van der Waals surface area contributed by atoms with Gasteiger partial charge in [0.05, 0.1) is 14.2 Å². The Hall–Kier alpha value is -1.28. The molecule has 23 heavy (non-hydrogen) atoms. The third-order valence-corrected chi connectivity index (χ3v) is 8.33. The number of hydrogen-bond donors (Lipinski definition) is 0. The first-order valence-electron chi connectivity index (χ1n) is 8.43. The van der Waals surface area contributed by atoms with Gasteiger partial charge in [-0.15, -0.1) is 0 Å². The molecule has 1 aromatic carbocycles. The summed E-state index contributed by atoms with van der Waals surface area (Å²) in [7, 11) is 0.0762. The van der Waals surface area contributed by atoms with Gasteiger partial charge in [0.1, 0.15) is 17.1 Å². The van der Waals surface area contributed by atoms with E-state index in [-0.39, 0.29) is 11.2 Å². The molecule has 5 heteroatoms. The summed E-state index contributed by atoms with van der Waals surface area (Å²) in [4.78, 5) is 13.3. The number of methoxy groups -OCH3 is 2. The summed E-state index contributed by atoms with van der Waals surface area (Å²) >= 11 is 0. The van der Waals surface area contributed by atoms with Crippen molar-refractivity contribution >= 4 is 12.7 Å². The summed E-state index contributed by atoms with van der Waals surface area (Å²) in [6.45, 7) is 2.06. The highest BCUT2D eigenvalue weighted by atomic mass is 31.2. The lowest BCUT2D eigenvalue weighted by molar-refractivity contribution is 0.106. The molecule has 1 saturated carbocycles. The van der Waals surface area contributed by atoms with Crippen molar-refractivity contribution in [3.8, 4) is 11.5 Å². The molecule has 2 rings (SSSR count). The van der Waals surface area contributed by atoms with Crippen LogP contribution in [0.5, 0.6) is 11.5 Å². The Balaban J connectivity index is 2.47. The lowest BCUT2D eigenvalue weighted by atomic mass is 10.2. The van der Waals surface area contributed by atoms with Gasteiger partial charge in [-0.2, -0.15) is 0 Å². The monoisotopic (exact) mass is 338 g/mol. The average molecular weight is 338 g/mol. The van der Waals surface area contributed by atoms with Crippen molar-refractivity contribution in [3.05, 3.63) is 23.8 Å². The predicted molar refractivity (Wildman–Crippen MR) is 93.5 cm³/mol. The molecule has 0 N–H and O–H groups in total. The van der Waals surface area contributed by atoms with Crippen LogP contribution in [0, 0.1) is 0 Å². The minimum atomic E-state index is -2.98. The Kier molecular flexibility index (Phi) is 6.29. The van der Waals surface area contributed by atoms with Crippen LogP contribution < -0.4 is 9.47 Å². The van der Waals surface area contributed by atoms with Crippen LogP contribution in [0.1, 0.15) is 55.8 Å². The van der Waals surface area contributed by atoms with Gasteiger partial charge >= 0.3 is 0 Å². The fourth-order valence-corrected chi connectivity index (χ4v) is 6.90. The lowest BCUT2D eigenvalue weighted by Crippen LogP contribution is -2.17. The van der Waals surface area contributed by atoms with Crippen molar-refractivity contribution in [1.29, 1.82) is 0 Å². The first kappa shape index (κ1) is 18.1. The molecular weight excluding hydrogens is 311 g/mol. The van der Waals surface area contributed by atoms with E-state index >= 15 is 0 Å². The van der Waals surface area contributed by atoms with Crippen LogP contribution in [0.3, 0.4) is 0 Å². The zero-order valence-corrected chi connectivity index (χ0v) is 15.2. The second-order valence-corrected chi connectivity index (χ2v) is 9.33. The van der Waals surface area contributed by atoms with Gasteiger partial charge in [-0.05, 0) is 31.4 Å². The average Bonchev–Trinajstić information content (AvgIpc) is 3.13. The van der Waals surface area contributed by atoms with Crippen LogP contribution in [0.25, 0.3) is 0 Å². The van der Waals surface area contributed by atoms with Gasteiger partial charge in [0, 0.05) is 11.8 Å². The number of ether oxygens (including phenoxy) is 2. The number of unbranched alkanes of at least 4 members (excludes halogenated alkanes) is 1. The molecule has 0 heterocycles. The van der Waals surface area contributed by atoms with Gasteiger partial charge in [-0.3, -0.25) is 4.79 Å². The molecule has 1 aromatic rings. The first-order valence-corrected chi connectivity index (χ1v) is 10.4. The molecule has 1 atom stereocenters. The number of carbonyl (C=O) groups excluding carboxylic acids is 1. The maximum Gasteiger partial charge on any atom is 0.229 e. The zero-order chi connectivity index (χ0) is 16.9. The molecule has 4 nitrogen and oxygen atoms in total. The summed E-state index contributed by atoms with van der Waals surface area (Å²) in [6, 6.07) is 5.24. The second-order valence-electron chi connectivity index (χ2n) is 6.15. The van der Waals surface area contributed by atoms with Gasteiger partial charge < -0.3 is 14.0 Å². The van der Waals surface area contributed by atoms with E-state index in [1.165, 1.54) is 14.2 Å². The summed E-state index contributed by atoms with van der Waals surface area (Å²) < 4.78 is 24.4. The van der Waals surface area contributed by atoms with E-state index < -0.39 is 7.14 Å². The summed E-state index contributed by atoms with van der Waals surface area (Å²) in [6.07, 6.45) is 6.17. The van der Waals surface area contributed by atoms with Crippen molar-refractivity contribution < 1.29 is 18.8 Å². The maximum atomic E-state index is 13.8. The molecule has 1 aliphatic rings. The van der Waals surface area contributed by atoms with Crippen LogP contribution in [0.15, 0.2) is 18.2 Å². The normalized spacial score (nSPS) is 17.7. The minimum absolute atomic E-state index is 0.0242. The standard InChI is InChI=1S/C18H27O4P/c1-4-5-13-23(20,14-9-6-7-10-14)18(19)17-15(21-2)11-8-12-16(17)22-3/h8,11-12,14H,4-7,9-10,13H2,1-3H3. The highest BCUT2D eigenvalue weighted by Gasteiger charge is 2.43. The summed E-state index contributed by atoms with van der Waals surface area (Å²) in [5.41, 5.74) is 0.118. The van der Waals surface area contributed by atoms with E-state index in [2.05, 4.69) is 6.92 Å². The van der Waals surface area contributed by atoms with E-state index in [1.54, 1.807) is 18.2 Å². The predicted octanol–water partition coefficient (Wildman–Crippen LogP) is 4.95. The van der Waals surface area contributed by atoms with Crippen molar-refractivity contribution in [2.24, 2.45) is 0 Å². The maximum absolute atomic E-state index is 13.8. The minimum Gasteiger partial charge on any atom is -0.496 e. The molecule has 0 aliphatic heterocycles. The fraction of sp³-hybridized carbons (Fsp3) is 0.611. The molecule has 0 amide bonds. The zero-order valence-electron chi connectivity index (χ0n) is 14.3. The Morgan fingerprint density at radius 1 is 1.17 bits per heavy atom. The highest BCUT2D eigenvalue weighted by Crippen LogP contribution is 2.60. The van der Waals surface area contributed by atoms with Crippen LogP contribution in [0.4, 0.5) is 0 Å². The van der Waals surface area contributed by atoms with Crippen LogP contribution in [0.2, 0.25) is 0 Å². The fourth-order valence-electron chi connectivity index (χ4n) is 3.42. The van der Waals surface area contributed by atoms with E-state index in [9.17, 15) is 9.36 Å². The quantitative estimate of drug-likeness (QED) is 0.629. The molecular formula is C18H27O4P.